The third-order valence-electron chi connectivity index (χ3n) is 13.1. The fourth-order valence-corrected chi connectivity index (χ4v) is 9.26. The highest BCUT2D eigenvalue weighted by molar-refractivity contribution is 7.80. The molecule has 0 aliphatic carbocycles. The minimum absolute atomic E-state index is 0.238. The van der Waals surface area contributed by atoms with Crippen molar-refractivity contribution in [3.63, 3.8) is 0 Å². The van der Waals surface area contributed by atoms with Gasteiger partial charge in [0.05, 0.1) is 25.4 Å². The van der Waals surface area contributed by atoms with Crippen LogP contribution in [0.3, 0.4) is 0 Å². The molecule has 396 valence electrons. The molecule has 0 aromatic rings. The molecule has 1 saturated heterocycles. The summed E-state index contributed by atoms with van der Waals surface area (Å²) in [6, 6.07) is -1.12. The van der Waals surface area contributed by atoms with Crippen LogP contribution in [0.4, 0.5) is 0 Å². The average Bonchev–Trinajstić information content (AvgIpc) is 3.30. The molecule has 0 aromatic heterocycles. The smallest absolute Gasteiger partial charge is 0.394 e. The lowest BCUT2D eigenvalue weighted by atomic mass is 9.99. The third kappa shape index (κ3) is 35.3. The molecule has 67 heavy (non-hydrogen) atoms. The van der Waals surface area contributed by atoms with E-state index < -0.39 is 78.5 Å². The van der Waals surface area contributed by atoms with Gasteiger partial charge in [-0.1, -0.05) is 224 Å². The van der Waals surface area contributed by atoms with Crippen molar-refractivity contribution in [3.05, 3.63) is 24.3 Å². The zero-order valence-electron chi connectivity index (χ0n) is 42.3. The number of hydrogen-bond donors (Lipinski definition) is 7. The zero-order chi connectivity index (χ0) is 49.2. The van der Waals surface area contributed by atoms with Crippen LogP contribution in [0.25, 0.3) is 0 Å². The Labute approximate surface area is 408 Å². The molecule has 13 nitrogen and oxygen atoms in total. The Morgan fingerprint density at radius 3 is 1.39 bits per heavy atom. The van der Waals surface area contributed by atoms with Crippen LogP contribution >= 0.6 is 0 Å². The Hall–Kier alpha value is -1.46. The molecule has 1 aliphatic heterocycles. The van der Waals surface area contributed by atoms with E-state index in [1.807, 2.05) is 6.08 Å². The first-order valence-electron chi connectivity index (χ1n) is 27.3. The van der Waals surface area contributed by atoms with E-state index in [4.69, 9.17) is 9.47 Å². The summed E-state index contributed by atoms with van der Waals surface area (Å²) in [5.41, 5.74) is 0. The molecule has 1 rings (SSSR count). The van der Waals surface area contributed by atoms with Gasteiger partial charge in [0.2, 0.25) is 5.91 Å². The van der Waals surface area contributed by atoms with Gasteiger partial charge in [-0.05, 0) is 44.9 Å². The van der Waals surface area contributed by atoms with Crippen LogP contribution in [0.15, 0.2) is 24.3 Å². The summed E-state index contributed by atoms with van der Waals surface area (Å²) in [4.78, 5) is 13.2. The number of nitrogens with one attached hydrogen (secondary N) is 1. The second-order valence-electron chi connectivity index (χ2n) is 19.3. The van der Waals surface area contributed by atoms with Crippen molar-refractivity contribution < 1.29 is 57.0 Å². The summed E-state index contributed by atoms with van der Waals surface area (Å²) >= 11 is 0. The molecule has 0 aromatic carbocycles. The van der Waals surface area contributed by atoms with Gasteiger partial charge in [0.1, 0.15) is 30.5 Å². The zero-order valence-corrected chi connectivity index (χ0v) is 43.2. The minimum Gasteiger partial charge on any atom is -0.394 e. The van der Waals surface area contributed by atoms with Crippen molar-refractivity contribution in [2.45, 2.75) is 294 Å². The number of carbonyl (C=O) groups excluding carboxylic acids is 1. The lowest BCUT2D eigenvalue weighted by molar-refractivity contribution is -0.298. The van der Waals surface area contributed by atoms with Crippen LogP contribution in [0.5, 0.6) is 0 Å². The van der Waals surface area contributed by atoms with E-state index in [0.29, 0.717) is 12.8 Å². The van der Waals surface area contributed by atoms with Gasteiger partial charge in [-0.3, -0.25) is 9.35 Å². The predicted molar refractivity (Wildman–Crippen MR) is 270 cm³/mol. The summed E-state index contributed by atoms with van der Waals surface area (Å²) in [7, 11) is -5.12. The Balaban J connectivity index is 2.48. The summed E-state index contributed by atoms with van der Waals surface area (Å²) in [5, 5.41) is 55.5. The van der Waals surface area contributed by atoms with E-state index in [9.17, 15) is 43.3 Å². The van der Waals surface area contributed by atoms with Gasteiger partial charge in [-0.2, -0.15) is 8.42 Å². The van der Waals surface area contributed by atoms with Crippen LogP contribution in [0.2, 0.25) is 0 Å². The fraction of sp³-hybridized carbons (Fsp3) is 0.906. The Morgan fingerprint density at radius 1 is 0.597 bits per heavy atom. The van der Waals surface area contributed by atoms with Crippen molar-refractivity contribution in [1.29, 1.82) is 0 Å². The number of unbranched alkanes of at least 4 members (excludes halogenated alkanes) is 32. The molecule has 8 unspecified atom stereocenters. The average molecular weight is 976 g/mol. The lowest BCUT2D eigenvalue weighted by Crippen LogP contribution is -2.61. The van der Waals surface area contributed by atoms with Crippen LogP contribution in [-0.4, -0.2) is 107 Å². The Kier molecular flexibility index (Phi) is 41.1. The van der Waals surface area contributed by atoms with Gasteiger partial charge in [0.25, 0.3) is 0 Å². The summed E-state index contributed by atoms with van der Waals surface area (Å²) in [5.74, 6) is -0.704. The van der Waals surface area contributed by atoms with Gasteiger partial charge in [-0.15, -0.1) is 0 Å². The van der Waals surface area contributed by atoms with Gasteiger partial charge >= 0.3 is 10.4 Å². The van der Waals surface area contributed by atoms with Crippen molar-refractivity contribution in [1.82, 2.24) is 5.32 Å². The van der Waals surface area contributed by atoms with E-state index in [-0.39, 0.29) is 6.42 Å². The highest BCUT2D eigenvalue weighted by Crippen LogP contribution is 2.26. The molecule has 0 spiro atoms. The molecule has 7 N–H and O–H groups in total. The monoisotopic (exact) mass is 976 g/mol. The number of rotatable bonds is 47. The van der Waals surface area contributed by atoms with Crippen molar-refractivity contribution in [2.24, 2.45) is 0 Å². The van der Waals surface area contributed by atoms with Crippen LogP contribution in [-0.2, 0) is 28.9 Å². The minimum atomic E-state index is -5.12. The molecule has 0 saturated carbocycles. The number of aliphatic hydroxyl groups excluding tert-OH is 5. The quantitative estimate of drug-likeness (QED) is 0.0172. The highest BCUT2D eigenvalue weighted by Gasteiger charge is 2.48. The number of hydrogen-bond acceptors (Lipinski definition) is 11. The second kappa shape index (κ2) is 43.3. The number of amides is 1. The van der Waals surface area contributed by atoms with Crippen molar-refractivity contribution in [2.75, 3.05) is 13.2 Å². The standard InChI is InChI=1S/C53H101NO12S/c1-3-5-7-9-11-13-15-17-19-21-23-24-26-28-30-32-34-36-38-40-42-47(57)52(60)54-45(44-64-53-50(59)51(66-67(61,62)63)49(58)48(43-55)65-53)46(56)41-39-37-35-33-31-29-27-25-22-20-18-16-14-12-10-8-6-4-2/h24,26,39,41,45-51,53,55-59H,3-23,25,27-38,40,42-44H2,1-2H3,(H,54,60)(H,61,62,63)/b26-24-,41-39+. The first-order chi connectivity index (χ1) is 32.4. The predicted octanol–water partition coefficient (Wildman–Crippen LogP) is 11.0. The number of aliphatic hydroxyl groups is 5. The third-order valence-corrected chi connectivity index (χ3v) is 13.5. The molecule has 8 atom stereocenters. The molecule has 0 radical (unpaired) electrons. The number of ether oxygens (including phenoxy) is 2. The van der Waals surface area contributed by atoms with E-state index in [0.717, 1.165) is 57.8 Å². The topological polar surface area (TPSA) is 212 Å². The van der Waals surface area contributed by atoms with Crippen molar-refractivity contribution in [3.8, 4) is 0 Å². The highest BCUT2D eigenvalue weighted by atomic mass is 32.3. The summed E-state index contributed by atoms with van der Waals surface area (Å²) in [6.45, 7) is 3.25. The summed E-state index contributed by atoms with van der Waals surface area (Å²) in [6.07, 6.45) is 39.6. The van der Waals surface area contributed by atoms with E-state index >= 15 is 0 Å². The van der Waals surface area contributed by atoms with Gasteiger partial charge in [0, 0.05) is 0 Å². The second-order valence-corrected chi connectivity index (χ2v) is 20.4. The molecule has 14 heteroatoms. The fourth-order valence-electron chi connectivity index (χ4n) is 8.75. The molecular weight excluding hydrogens is 875 g/mol. The van der Waals surface area contributed by atoms with Crippen LogP contribution in [0, 0.1) is 0 Å². The summed E-state index contributed by atoms with van der Waals surface area (Å²) < 4.78 is 47.7. The molecule has 1 heterocycles. The van der Waals surface area contributed by atoms with Crippen LogP contribution < -0.4 is 5.32 Å². The lowest BCUT2D eigenvalue weighted by Gasteiger charge is -2.41. The molecule has 1 amide bonds. The maximum Gasteiger partial charge on any atom is 0.397 e. The molecular formula is C53H101NO12S. The largest absolute Gasteiger partial charge is 0.397 e. The maximum atomic E-state index is 13.2. The molecule has 1 fully saturated rings. The number of allylic oxidation sites excluding steroid dienone is 3. The van der Waals surface area contributed by atoms with Gasteiger partial charge < -0.3 is 40.3 Å². The number of carbonyl (C=O) groups is 1. The molecule has 1 aliphatic rings. The van der Waals surface area contributed by atoms with E-state index in [1.54, 1.807) is 6.08 Å². The Bertz CT molecular complexity index is 1300. The van der Waals surface area contributed by atoms with E-state index in [2.05, 4.69) is 35.5 Å². The SMILES string of the molecule is CCCCCCCCCCCC/C=C\CCCCCCCCC(O)C(=O)NC(COC1OC(CO)C(O)C(OS(=O)(=O)O)C1O)C(O)/C=C/CCCCCCCCCCCCCCCCCC. The first-order valence-corrected chi connectivity index (χ1v) is 28.7. The maximum absolute atomic E-state index is 13.2. The first kappa shape index (κ1) is 63.6. The molecule has 0 bridgehead atoms. The van der Waals surface area contributed by atoms with Gasteiger partial charge in [0.15, 0.2) is 6.29 Å². The van der Waals surface area contributed by atoms with Crippen molar-refractivity contribution >= 4 is 16.3 Å². The normalized spacial score (nSPS) is 20.5. The van der Waals surface area contributed by atoms with Crippen LogP contribution in [0.1, 0.15) is 245 Å². The Morgan fingerprint density at radius 2 is 0.985 bits per heavy atom. The van der Waals surface area contributed by atoms with Gasteiger partial charge in [-0.25, -0.2) is 4.18 Å². The van der Waals surface area contributed by atoms with E-state index in [1.165, 1.54) is 154 Å².